The molecular weight excluding hydrogens is 262 g/mol. The number of anilines is 1. The molecule has 0 fully saturated rings. The van der Waals surface area contributed by atoms with Crippen LogP contribution in [0.4, 0.5) is 5.82 Å². The number of aryl methyl sites for hydroxylation is 2. The zero-order chi connectivity index (χ0) is 15.0. The van der Waals surface area contributed by atoms with Crippen molar-refractivity contribution < 1.29 is 5.11 Å². The van der Waals surface area contributed by atoms with Crippen LogP contribution in [-0.4, -0.2) is 15.1 Å². The Hall–Kier alpha value is -2.46. The maximum atomic E-state index is 10.7. The van der Waals surface area contributed by atoms with Crippen molar-refractivity contribution in [2.45, 2.75) is 20.0 Å². The fraction of sp³-hybridized carbons (Fsp3) is 0.176. The van der Waals surface area contributed by atoms with Crippen LogP contribution in [0.1, 0.15) is 28.5 Å². The van der Waals surface area contributed by atoms with E-state index in [0.29, 0.717) is 17.1 Å². The zero-order valence-corrected chi connectivity index (χ0v) is 12.0. The monoisotopic (exact) mass is 279 g/mol. The Kier molecular flexibility index (Phi) is 3.31. The van der Waals surface area contributed by atoms with Crippen molar-refractivity contribution >= 4 is 16.7 Å². The number of aliphatic hydroxyl groups excluding tert-OH is 1. The maximum absolute atomic E-state index is 10.7. The van der Waals surface area contributed by atoms with E-state index < -0.39 is 6.10 Å². The van der Waals surface area contributed by atoms with Crippen molar-refractivity contribution in [1.82, 2.24) is 9.97 Å². The molecular formula is C17H17N3O. The normalized spacial score (nSPS) is 12.5. The lowest BCUT2D eigenvalue weighted by Gasteiger charge is -2.16. The van der Waals surface area contributed by atoms with Gasteiger partial charge >= 0.3 is 0 Å². The van der Waals surface area contributed by atoms with Gasteiger partial charge in [-0.15, -0.1) is 0 Å². The smallest absolute Gasteiger partial charge is 0.129 e. The number of hydrogen-bond acceptors (Lipinski definition) is 4. The quantitative estimate of drug-likeness (QED) is 0.756. The third-order valence-electron chi connectivity index (χ3n) is 3.74. The number of nitrogens with two attached hydrogens (primary N) is 1. The van der Waals surface area contributed by atoms with Crippen LogP contribution >= 0.6 is 0 Å². The van der Waals surface area contributed by atoms with Gasteiger partial charge in [0, 0.05) is 17.1 Å². The van der Waals surface area contributed by atoms with E-state index in [-0.39, 0.29) is 0 Å². The van der Waals surface area contributed by atoms with Crippen LogP contribution in [0.15, 0.2) is 42.6 Å². The summed E-state index contributed by atoms with van der Waals surface area (Å²) in [6.07, 6.45) is 0.766. The van der Waals surface area contributed by atoms with Crippen LogP contribution in [0, 0.1) is 13.8 Å². The molecule has 0 saturated carbocycles. The van der Waals surface area contributed by atoms with Gasteiger partial charge in [0.05, 0.1) is 11.2 Å². The largest absolute Gasteiger partial charge is 0.383 e. The highest BCUT2D eigenvalue weighted by Crippen LogP contribution is 2.29. The lowest BCUT2D eigenvalue weighted by atomic mass is 9.99. The highest BCUT2D eigenvalue weighted by molar-refractivity contribution is 5.82. The van der Waals surface area contributed by atoms with Gasteiger partial charge in [-0.3, -0.25) is 0 Å². The molecule has 21 heavy (non-hydrogen) atoms. The number of para-hydroxylation sites is 1. The Morgan fingerprint density at radius 2 is 1.86 bits per heavy atom. The topological polar surface area (TPSA) is 72.0 Å². The average Bonchev–Trinajstić information content (AvgIpc) is 2.47. The van der Waals surface area contributed by atoms with E-state index in [2.05, 4.69) is 9.97 Å². The molecule has 0 aliphatic heterocycles. The highest BCUT2D eigenvalue weighted by Gasteiger charge is 2.19. The molecule has 3 rings (SSSR count). The number of nitrogen functional groups attached to an aromatic ring is 1. The minimum Gasteiger partial charge on any atom is -0.383 e. The zero-order valence-electron chi connectivity index (χ0n) is 12.0. The summed E-state index contributed by atoms with van der Waals surface area (Å²) in [6.45, 7) is 3.92. The molecule has 0 bridgehead atoms. The number of aliphatic hydroxyl groups is 1. The molecule has 2 heterocycles. The standard InChI is InChI=1S/C17H17N3O/c1-10-7-8-19-17(18)15(10)16(21)14-9-11(2)12-5-3-4-6-13(12)20-14/h3-9,16,21H,1-2H3,(H2,18,19). The van der Waals surface area contributed by atoms with Crippen LogP contribution in [0.25, 0.3) is 10.9 Å². The van der Waals surface area contributed by atoms with Crippen LogP contribution in [0.2, 0.25) is 0 Å². The van der Waals surface area contributed by atoms with Crippen molar-refractivity contribution in [2.75, 3.05) is 5.73 Å². The van der Waals surface area contributed by atoms with Crippen molar-refractivity contribution in [2.24, 2.45) is 0 Å². The van der Waals surface area contributed by atoms with Gasteiger partial charge in [-0.2, -0.15) is 0 Å². The van der Waals surface area contributed by atoms with Gasteiger partial charge in [-0.25, -0.2) is 9.97 Å². The van der Waals surface area contributed by atoms with E-state index in [1.165, 1.54) is 0 Å². The fourth-order valence-corrected chi connectivity index (χ4v) is 2.61. The third kappa shape index (κ3) is 2.34. The first-order valence-electron chi connectivity index (χ1n) is 6.83. The van der Waals surface area contributed by atoms with Gasteiger partial charge in [-0.05, 0) is 43.2 Å². The Balaban J connectivity index is 2.16. The number of rotatable bonds is 2. The van der Waals surface area contributed by atoms with E-state index in [1.807, 2.05) is 50.2 Å². The summed E-state index contributed by atoms with van der Waals surface area (Å²) in [5, 5.41) is 11.7. The number of aromatic nitrogens is 2. The van der Waals surface area contributed by atoms with Gasteiger partial charge in [0.15, 0.2) is 0 Å². The number of hydrogen-bond donors (Lipinski definition) is 2. The summed E-state index contributed by atoms with van der Waals surface area (Å²) in [7, 11) is 0. The lowest BCUT2D eigenvalue weighted by Crippen LogP contribution is -2.09. The molecule has 106 valence electrons. The SMILES string of the molecule is Cc1ccnc(N)c1C(O)c1cc(C)c2ccccc2n1. The van der Waals surface area contributed by atoms with Crippen molar-refractivity contribution in [3.05, 3.63) is 65.0 Å². The first-order chi connectivity index (χ1) is 10.1. The Labute approximate surface area is 123 Å². The second-order valence-electron chi connectivity index (χ2n) is 5.21. The number of nitrogens with zero attached hydrogens (tertiary/aromatic N) is 2. The molecule has 3 N–H and O–H groups in total. The van der Waals surface area contributed by atoms with Gasteiger partial charge in [0.25, 0.3) is 0 Å². The molecule has 3 aromatic rings. The Bertz CT molecular complexity index is 794. The van der Waals surface area contributed by atoms with Crippen LogP contribution < -0.4 is 5.73 Å². The summed E-state index contributed by atoms with van der Waals surface area (Å²) in [5.41, 5.74) is 9.98. The first kappa shape index (κ1) is 13.5. The van der Waals surface area contributed by atoms with E-state index in [1.54, 1.807) is 6.20 Å². The second kappa shape index (κ2) is 5.14. The molecule has 0 aliphatic rings. The first-order valence-corrected chi connectivity index (χ1v) is 6.83. The summed E-state index contributed by atoms with van der Waals surface area (Å²) in [6, 6.07) is 11.6. The summed E-state index contributed by atoms with van der Waals surface area (Å²) in [4.78, 5) is 8.62. The van der Waals surface area contributed by atoms with E-state index in [9.17, 15) is 5.11 Å². The predicted octanol–water partition coefficient (Wildman–Crippen LogP) is 2.91. The van der Waals surface area contributed by atoms with Gasteiger partial charge in [-0.1, -0.05) is 18.2 Å². The molecule has 0 radical (unpaired) electrons. The number of fused-ring (bicyclic) bond motifs is 1. The van der Waals surface area contributed by atoms with Crippen LogP contribution in [-0.2, 0) is 0 Å². The van der Waals surface area contributed by atoms with Gasteiger partial charge in [0.2, 0.25) is 0 Å². The van der Waals surface area contributed by atoms with Crippen LogP contribution in [0.3, 0.4) is 0 Å². The lowest BCUT2D eigenvalue weighted by molar-refractivity contribution is 0.215. The molecule has 1 unspecified atom stereocenters. The molecule has 0 saturated heterocycles. The molecule has 2 aromatic heterocycles. The molecule has 4 nitrogen and oxygen atoms in total. The molecule has 4 heteroatoms. The third-order valence-corrected chi connectivity index (χ3v) is 3.74. The highest BCUT2D eigenvalue weighted by atomic mass is 16.3. The average molecular weight is 279 g/mol. The molecule has 1 aromatic carbocycles. The summed E-state index contributed by atoms with van der Waals surface area (Å²) < 4.78 is 0. The van der Waals surface area contributed by atoms with E-state index in [4.69, 9.17) is 5.73 Å². The summed E-state index contributed by atoms with van der Waals surface area (Å²) in [5.74, 6) is 0.343. The van der Waals surface area contributed by atoms with Crippen molar-refractivity contribution in [3.63, 3.8) is 0 Å². The van der Waals surface area contributed by atoms with E-state index in [0.717, 1.165) is 22.0 Å². The predicted molar refractivity (Wildman–Crippen MR) is 83.9 cm³/mol. The van der Waals surface area contributed by atoms with Gasteiger partial charge in [0.1, 0.15) is 11.9 Å². The maximum Gasteiger partial charge on any atom is 0.129 e. The molecule has 1 atom stereocenters. The minimum atomic E-state index is -0.873. The summed E-state index contributed by atoms with van der Waals surface area (Å²) >= 11 is 0. The fourth-order valence-electron chi connectivity index (χ4n) is 2.61. The van der Waals surface area contributed by atoms with Crippen molar-refractivity contribution in [1.29, 1.82) is 0 Å². The van der Waals surface area contributed by atoms with E-state index >= 15 is 0 Å². The second-order valence-corrected chi connectivity index (χ2v) is 5.21. The Morgan fingerprint density at radius 1 is 1.10 bits per heavy atom. The minimum absolute atomic E-state index is 0.343. The number of pyridine rings is 2. The number of benzene rings is 1. The molecule has 0 amide bonds. The molecule has 0 aliphatic carbocycles. The molecule has 0 spiro atoms. The van der Waals surface area contributed by atoms with Gasteiger partial charge < -0.3 is 10.8 Å². The Morgan fingerprint density at radius 3 is 2.62 bits per heavy atom. The van der Waals surface area contributed by atoms with Crippen LogP contribution in [0.5, 0.6) is 0 Å². The van der Waals surface area contributed by atoms with Crippen molar-refractivity contribution in [3.8, 4) is 0 Å².